The molecule has 0 amide bonds. The Morgan fingerprint density at radius 1 is 1.33 bits per heavy atom. The molecule has 0 bridgehead atoms. The molecule has 7 heteroatoms. The Morgan fingerprint density at radius 3 is 2.80 bits per heavy atom. The number of aromatic hydroxyl groups is 1. The average molecular weight is 405 g/mol. The lowest BCUT2D eigenvalue weighted by Crippen LogP contribution is -2.23. The lowest BCUT2D eigenvalue weighted by atomic mass is 9.84. The number of oxazole rings is 1. The van der Waals surface area contributed by atoms with Crippen molar-refractivity contribution in [1.82, 2.24) is 15.2 Å². The maximum Gasteiger partial charge on any atom is 0.242 e. The summed E-state index contributed by atoms with van der Waals surface area (Å²) in [4.78, 5) is 15.8. The van der Waals surface area contributed by atoms with Crippen LogP contribution in [0.2, 0.25) is 0 Å². The van der Waals surface area contributed by atoms with Gasteiger partial charge in [-0.15, -0.1) is 0 Å². The highest BCUT2D eigenvalue weighted by Crippen LogP contribution is 2.33. The molecule has 0 saturated carbocycles. The summed E-state index contributed by atoms with van der Waals surface area (Å²) in [6, 6.07) is 9.60. The average Bonchev–Trinajstić information content (AvgIpc) is 3.21. The Kier molecular flexibility index (Phi) is 6.77. The number of nitrogens with one attached hydrogen (secondary N) is 1. The van der Waals surface area contributed by atoms with Gasteiger partial charge in [0, 0.05) is 12.3 Å². The van der Waals surface area contributed by atoms with E-state index in [1.165, 1.54) is 6.39 Å². The van der Waals surface area contributed by atoms with Crippen LogP contribution in [0.3, 0.4) is 0 Å². The predicted octanol–water partition coefficient (Wildman–Crippen LogP) is 3.51. The fourth-order valence-electron chi connectivity index (χ4n) is 3.29. The van der Waals surface area contributed by atoms with Gasteiger partial charge in [-0.05, 0) is 18.1 Å². The molecule has 2 heterocycles. The maximum atomic E-state index is 11.7. The SMILES string of the molecule is C=C/C(=C\C=C/C)C(c1ccccc1)C(O)Cc1ocnc1-c1[nH]ncc(=O)c1O. The molecule has 2 unspecified atom stereocenters. The zero-order chi connectivity index (χ0) is 21.5. The molecule has 30 heavy (non-hydrogen) atoms. The van der Waals surface area contributed by atoms with E-state index < -0.39 is 17.3 Å². The van der Waals surface area contributed by atoms with Gasteiger partial charge in [0.25, 0.3) is 0 Å². The molecular weight excluding hydrogens is 382 g/mol. The van der Waals surface area contributed by atoms with Crippen molar-refractivity contribution in [1.29, 1.82) is 0 Å². The minimum absolute atomic E-state index is 0.0445. The van der Waals surface area contributed by atoms with Crippen molar-refractivity contribution in [2.24, 2.45) is 0 Å². The maximum absolute atomic E-state index is 11.7. The topological polar surface area (TPSA) is 112 Å². The van der Waals surface area contributed by atoms with Gasteiger partial charge in [-0.2, -0.15) is 5.10 Å². The highest BCUT2D eigenvalue weighted by molar-refractivity contribution is 5.62. The largest absolute Gasteiger partial charge is 0.503 e. The van der Waals surface area contributed by atoms with E-state index in [1.54, 1.807) is 6.08 Å². The number of aliphatic hydroxyl groups is 1. The quantitative estimate of drug-likeness (QED) is 0.495. The van der Waals surface area contributed by atoms with Crippen molar-refractivity contribution in [2.45, 2.75) is 25.4 Å². The first kappa shape index (κ1) is 21.0. The molecule has 0 radical (unpaired) electrons. The summed E-state index contributed by atoms with van der Waals surface area (Å²) in [5.41, 5.74) is 1.39. The number of rotatable bonds is 8. The number of allylic oxidation sites excluding steroid dienone is 4. The third-order valence-corrected chi connectivity index (χ3v) is 4.72. The van der Waals surface area contributed by atoms with Gasteiger partial charge >= 0.3 is 0 Å². The molecule has 0 aliphatic rings. The Labute approximate surface area is 173 Å². The van der Waals surface area contributed by atoms with E-state index in [-0.39, 0.29) is 23.7 Å². The summed E-state index contributed by atoms with van der Waals surface area (Å²) in [5, 5.41) is 27.5. The molecular formula is C23H23N3O4. The van der Waals surface area contributed by atoms with Crippen molar-refractivity contribution in [3.8, 4) is 17.1 Å². The van der Waals surface area contributed by atoms with Crippen LogP contribution in [0, 0.1) is 0 Å². The minimum atomic E-state index is -0.890. The molecule has 0 aliphatic heterocycles. The van der Waals surface area contributed by atoms with Crippen LogP contribution in [0.25, 0.3) is 11.4 Å². The van der Waals surface area contributed by atoms with Crippen molar-refractivity contribution in [2.75, 3.05) is 0 Å². The highest BCUT2D eigenvalue weighted by atomic mass is 16.3. The van der Waals surface area contributed by atoms with E-state index in [0.717, 1.165) is 17.3 Å². The summed E-state index contributed by atoms with van der Waals surface area (Å²) in [5.74, 6) is -0.565. The van der Waals surface area contributed by atoms with Crippen molar-refractivity contribution in [3.05, 3.63) is 101 Å². The molecule has 2 atom stereocenters. The summed E-state index contributed by atoms with van der Waals surface area (Å²) in [7, 11) is 0. The number of aromatic nitrogens is 3. The standard InChI is InChI=1S/C23H23N3O4/c1-3-5-9-15(4-2)20(16-10-7-6-8-11-16)17(27)12-19-21(24-14-30-19)22-23(29)18(28)13-25-26-22/h3-11,13-14,17,20,27H,2,12H2,1H3,(H,25,29)(H,26,28)/b5-3-,15-9+. The Morgan fingerprint density at radius 2 is 2.10 bits per heavy atom. The fraction of sp³-hybridized carbons (Fsp3) is 0.174. The molecule has 154 valence electrons. The van der Waals surface area contributed by atoms with E-state index in [4.69, 9.17) is 4.42 Å². The molecule has 0 aliphatic carbocycles. The number of hydrogen-bond donors (Lipinski definition) is 3. The van der Waals surface area contributed by atoms with Gasteiger partial charge in [-0.3, -0.25) is 9.89 Å². The number of nitrogens with zero attached hydrogens (tertiary/aromatic N) is 2. The number of aliphatic hydroxyl groups excluding tert-OH is 1. The monoisotopic (exact) mass is 405 g/mol. The summed E-state index contributed by atoms with van der Waals surface area (Å²) >= 11 is 0. The van der Waals surface area contributed by atoms with E-state index >= 15 is 0 Å². The second-order valence-electron chi connectivity index (χ2n) is 6.64. The lowest BCUT2D eigenvalue weighted by Gasteiger charge is -2.24. The fourth-order valence-corrected chi connectivity index (χ4v) is 3.29. The van der Waals surface area contributed by atoms with E-state index in [0.29, 0.717) is 5.76 Å². The van der Waals surface area contributed by atoms with Crippen LogP contribution in [0.4, 0.5) is 0 Å². The predicted molar refractivity (Wildman–Crippen MR) is 114 cm³/mol. The summed E-state index contributed by atoms with van der Waals surface area (Å²) in [6.45, 7) is 5.81. The van der Waals surface area contributed by atoms with Crippen LogP contribution in [-0.4, -0.2) is 31.5 Å². The van der Waals surface area contributed by atoms with Gasteiger partial charge < -0.3 is 14.6 Å². The first-order valence-corrected chi connectivity index (χ1v) is 9.44. The van der Waals surface area contributed by atoms with Crippen LogP contribution >= 0.6 is 0 Å². The van der Waals surface area contributed by atoms with Crippen LogP contribution in [0.1, 0.15) is 24.2 Å². The van der Waals surface area contributed by atoms with Crippen molar-refractivity contribution < 1.29 is 14.6 Å². The molecule has 0 saturated heterocycles. The molecule has 1 aromatic carbocycles. The summed E-state index contributed by atoms with van der Waals surface area (Å²) in [6.07, 6.45) is 8.77. The zero-order valence-electron chi connectivity index (χ0n) is 16.5. The molecule has 0 spiro atoms. The number of hydrogen-bond acceptors (Lipinski definition) is 6. The Bertz CT molecular complexity index is 1110. The van der Waals surface area contributed by atoms with Crippen LogP contribution in [0.5, 0.6) is 5.75 Å². The Balaban J connectivity index is 1.99. The first-order valence-electron chi connectivity index (χ1n) is 9.44. The molecule has 0 fully saturated rings. The molecule has 2 aromatic heterocycles. The normalized spacial score (nSPS) is 14.0. The van der Waals surface area contributed by atoms with E-state index in [1.807, 2.05) is 55.5 Å². The molecule has 3 rings (SSSR count). The van der Waals surface area contributed by atoms with Crippen LogP contribution in [-0.2, 0) is 6.42 Å². The van der Waals surface area contributed by atoms with E-state index in [9.17, 15) is 15.0 Å². The van der Waals surface area contributed by atoms with Crippen LogP contribution in [0.15, 0.2) is 88.6 Å². The highest BCUT2D eigenvalue weighted by Gasteiger charge is 2.27. The third-order valence-electron chi connectivity index (χ3n) is 4.72. The second kappa shape index (κ2) is 9.67. The van der Waals surface area contributed by atoms with Gasteiger partial charge in [0.05, 0.1) is 12.3 Å². The lowest BCUT2D eigenvalue weighted by molar-refractivity contribution is 0.150. The third kappa shape index (κ3) is 4.47. The van der Waals surface area contributed by atoms with Gasteiger partial charge in [0.2, 0.25) is 5.43 Å². The second-order valence-corrected chi connectivity index (χ2v) is 6.64. The van der Waals surface area contributed by atoms with Gasteiger partial charge in [-0.1, -0.05) is 61.2 Å². The smallest absolute Gasteiger partial charge is 0.242 e. The number of benzene rings is 1. The molecule has 7 nitrogen and oxygen atoms in total. The first-order chi connectivity index (χ1) is 14.6. The van der Waals surface area contributed by atoms with Gasteiger partial charge in [-0.25, -0.2) is 4.98 Å². The molecule has 3 aromatic rings. The van der Waals surface area contributed by atoms with Gasteiger partial charge in [0.15, 0.2) is 12.1 Å². The molecule has 3 N–H and O–H groups in total. The van der Waals surface area contributed by atoms with Crippen LogP contribution < -0.4 is 5.43 Å². The van der Waals surface area contributed by atoms with Crippen molar-refractivity contribution in [3.63, 3.8) is 0 Å². The zero-order valence-corrected chi connectivity index (χ0v) is 16.5. The van der Waals surface area contributed by atoms with Crippen molar-refractivity contribution >= 4 is 0 Å². The van der Waals surface area contributed by atoms with E-state index in [2.05, 4.69) is 21.8 Å². The minimum Gasteiger partial charge on any atom is -0.503 e. The summed E-state index contributed by atoms with van der Waals surface area (Å²) < 4.78 is 5.47. The Hall–Kier alpha value is -3.71. The number of aromatic amines is 1. The van der Waals surface area contributed by atoms with Gasteiger partial charge in [0.1, 0.15) is 17.1 Å². The number of H-pyrrole nitrogens is 1.